The lowest BCUT2D eigenvalue weighted by molar-refractivity contribution is 0.451. The first-order valence-electron chi connectivity index (χ1n) is 7.88. The topological polar surface area (TPSA) is 46.2 Å². The number of nitrogens with zero attached hydrogens (tertiary/aromatic N) is 1. The molecule has 2 aromatic carbocycles. The third-order valence-electron chi connectivity index (χ3n) is 3.48. The normalized spacial score (nSPS) is 10.3. The van der Waals surface area contributed by atoms with Crippen LogP contribution >= 0.6 is 35.4 Å². The van der Waals surface area contributed by atoms with Gasteiger partial charge in [0.05, 0.1) is 10.7 Å². The molecule has 0 radical (unpaired) electrons. The summed E-state index contributed by atoms with van der Waals surface area (Å²) in [6, 6.07) is 14.6. The minimum absolute atomic E-state index is 0.357. The number of nitrogens with one attached hydrogen (secondary N) is 2. The van der Waals surface area contributed by atoms with Gasteiger partial charge in [-0.2, -0.15) is 0 Å². The van der Waals surface area contributed by atoms with E-state index in [-0.39, 0.29) is 5.82 Å². The monoisotopic (exact) mass is 421 g/mol. The summed E-state index contributed by atoms with van der Waals surface area (Å²) in [6.07, 6.45) is 1.60. The molecular formula is C19H14Cl2FN3OS. The van der Waals surface area contributed by atoms with Gasteiger partial charge in [0.2, 0.25) is 5.88 Å². The van der Waals surface area contributed by atoms with Crippen LogP contribution < -0.4 is 15.4 Å². The van der Waals surface area contributed by atoms with E-state index >= 15 is 0 Å². The molecule has 0 saturated heterocycles. The Hall–Kier alpha value is -2.41. The zero-order valence-corrected chi connectivity index (χ0v) is 16.2. The maximum Gasteiger partial charge on any atom is 0.224 e. The van der Waals surface area contributed by atoms with E-state index < -0.39 is 0 Å². The summed E-state index contributed by atoms with van der Waals surface area (Å²) in [5, 5.41) is 7.44. The third kappa shape index (κ3) is 5.53. The first-order chi connectivity index (χ1) is 13.0. The predicted octanol–water partition coefficient (Wildman–Crippen LogP) is 5.81. The lowest BCUT2D eigenvalue weighted by Crippen LogP contribution is -2.28. The molecule has 3 aromatic rings. The van der Waals surface area contributed by atoms with Crippen molar-refractivity contribution >= 4 is 46.2 Å². The Morgan fingerprint density at radius 1 is 1.11 bits per heavy atom. The van der Waals surface area contributed by atoms with Crippen molar-refractivity contribution in [3.05, 3.63) is 82.2 Å². The van der Waals surface area contributed by atoms with E-state index in [0.717, 1.165) is 5.56 Å². The number of benzene rings is 2. The number of aromatic nitrogens is 1. The van der Waals surface area contributed by atoms with Crippen molar-refractivity contribution in [1.29, 1.82) is 0 Å². The Labute approximate surface area is 171 Å². The van der Waals surface area contributed by atoms with Crippen LogP contribution in [-0.2, 0) is 6.54 Å². The van der Waals surface area contributed by atoms with Gasteiger partial charge in [0.1, 0.15) is 11.6 Å². The molecule has 0 unspecified atom stereocenters. The molecule has 1 aromatic heterocycles. The number of anilines is 1. The number of hydrogen-bond acceptors (Lipinski definition) is 3. The van der Waals surface area contributed by atoms with Crippen LogP contribution in [0.25, 0.3) is 0 Å². The fraction of sp³-hybridized carbons (Fsp3) is 0.0526. The van der Waals surface area contributed by atoms with Crippen molar-refractivity contribution in [2.75, 3.05) is 5.32 Å². The summed E-state index contributed by atoms with van der Waals surface area (Å²) in [7, 11) is 0. The number of thiocarbonyl (C=S) groups is 1. The second-order valence-electron chi connectivity index (χ2n) is 5.46. The van der Waals surface area contributed by atoms with Crippen molar-refractivity contribution in [2.45, 2.75) is 6.54 Å². The second kappa shape index (κ2) is 8.99. The molecule has 0 aliphatic rings. The minimum atomic E-state index is -0.381. The highest BCUT2D eigenvalue weighted by atomic mass is 35.5. The third-order valence-corrected chi connectivity index (χ3v) is 4.27. The highest BCUT2D eigenvalue weighted by Crippen LogP contribution is 2.26. The van der Waals surface area contributed by atoms with E-state index in [1.807, 2.05) is 6.07 Å². The van der Waals surface area contributed by atoms with Crippen LogP contribution in [0, 0.1) is 5.82 Å². The van der Waals surface area contributed by atoms with Crippen molar-refractivity contribution in [3.63, 3.8) is 0 Å². The molecule has 0 atom stereocenters. The minimum Gasteiger partial charge on any atom is -0.439 e. The molecular weight excluding hydrogens is 408 g/mol. The van der Waals surface area contributed by atoms with Crippen LogP contribution in [0.3, 0.4) is 0 Å². The van der Waals surface area contributed by atoms with Gasteiger partial charge in [0, 0.05) is 29.4 Å². The molecule has 2 N–H and O–H groups in total. The summed E-state index contributed by atoms with van der Waals surface area (Å²) >= 11 is 17.3. The molecule has 0 spiro atoms. The van der Waals surface area contributed by atoms with Gasteiger partial charge in [-0.05, 0) is 48.6 Å². The molecule has 0 fully saturated rings. The van der Waals surface area contributed by atoms with Crippen molar-refractivity contribution < 1.29 is 9.13 Å². The molecule has 0 amide bonds. The van der Waals surface area contributed by atoms with Crippen LogP contribution in [-0.4, -0.2) is 10.1 Å². The van der Waals surface area contributed by atoms with E-state index in [2.05, 4.69) is 15.6 Å². The fourth-order valence-electron chi connectivity index (χ4n) is 2.23. The largest absolute Gasteiger partial charge is 0.439 e. The van der Waals surface area contributed by atoms with E-state index in [1.165, 1.54) is 12.1 Å². The van der Waals surface area contributed by atoms with Gasteiger partial charge in [0.25, 0.3) is 0 Å². The molecule has 0 aliphatic heterocycles. The van der Waals surface area contributed by atoms with E-state index in [1.54, 1.807) is 42.6 Å². The molecule has 138 valence electrons. The average molecular weight is 422 g/mol. The standard InChI is InChI=1S/C19H14Cl2FN3OS/c20-13-6-7-17(16(21)9-13)25-19(27)24-11-12-3-2-8-23-18(12)26-15-5-1-4-14(22)10-15/h1-10H,11H2,(H2,24,25,27). The number of rotatable bonds is 5. The van der Waals surface area contributed by atoms with Gasteiger partial charge in [-0.25, -0.2) is 9.37 Å². The van der Waals surface area contributed by atoms with Gasteiger partial charge in [-0.1, -0.05) is 35.3 Å². The first-order valence-corrected chi connectivity index (χ1v) is 9.05. The summed E-state index contributed by atoms with van der Waals surface area (Å²) in [5.74, 6) is 0.347. The molecule has 3 rings (SSSR count). The van der Waals surface area contributed by atoms with E-state index in [0.29, 0.717) is 39.0 Å². The molecule has 0 aliphatic carbocycles. The Bertz CT molecular complexity index is 971. The van der Waals surface area contributed by atoms with E-state index in [9.17, 15) is 4.39 Å². The Balaban J connectivity index is 1.65. The quantitative estimate of drug-likeness (QED) is 0.509. The highest BCUT2D eigenvalue weighted by molar-refractivity contribution is 7.80. The zero-order valence-electron chi connectivity index (χ0n) is 13.9. The van der Waals surface area contributed by atoms with Crippen molar-refractivity contribution in [2.24, 2.45) is 0 Å². The molecule has 27 heavy (non-hydrogen) atoms. The fourth-order valence-corrected chi connectivity index (χ4v) is 2.86. The van der Waals surface area contributed by atoms with Crippen LogP contribution in [0.2, 0.25) is 10.0 Å². The molecule has 0 saturated carbocycles. The number of ether oxygens (including phenoxy) is 1. The molecule has 4 nitrogen and oxygen atoms in total. The van der Waals surface area contributed by atoms with Gasteiger partial charge >= 0.3 is 0 Å². The van der Waals surface area contributed by atoms with Crippen LogP contribution in [0.5, 0.6) is 11.6 Å². The van der Waals surface area contributed by atoms with Crippen LogP contribution in [0.4, 0.5) is 10.1 Å². The van der Waals surface area contributed by atoms with Crippen LogP contribution in [0.15, 0.2) is 60.8 Å². The summed E-state index contributed by atoms with van der Waals surface area (Å²) in [6.45, 7) is 0.357. The Morgan fingerprint density at radius 2 is 1.96 bits per heavy atom. The maximum atomic E-state index is 13.3. The smallest absolute Gasteiger partial charge is 0.224 e. The number of halogens is 3. The maximum absolute atomic E-state index is 13.3. The SMILES string of the molecule is Fc1cccc(Oc2ncccc2CNC(=S)Nc2ccc(Cl)cc2Cl)c1. The Morgan fingerprint density at radius 3 is 2.74 bits per heavy atom. The average Bonchev–Trinajstić information content (AvgIpc) is 2.63. The first kappa shape index (κ1) is 19.4. The lowest BCUT2D eigenvalue weighted by Gasteiger charge is -2.14. The number of pyridine rings is 1. The van der Waals surface area contributed by atoms with E-state index in [4.69, 9.17) is 40.2 Å². The zero-order chi connectivity index (χ0) is 19.2. The summed E-state index contributed by atoms with van der Waals surface area (Å²) < 4.78 is 19.0. The molecule has 0 bridgehead atoms. The van der Waals surface area contributed by atoms with Gasteiger partial charge in [-0.15, -0.1) is 0 Å². The highest BCUT2D eigenvalue weighted by Gasteiger charge is 2.09. The lowest BCUT2D eigenvalue weighted by atomic mass is 10.2. The van der Waals surface area contributed by atoms with Gasteiger partial charge in [-0.3, -0.25) is 0 Å². The second-order valence-corrected chi connectivity index (χ2v) is 6.71. The number of hydrogen-bond donors (Lipinski definition) is 2. The van der Waals surface area contributed by atoms with Crippen molar-refractivity contribution in [3.8, 4) is 11.6 Å². The van der Waals surface area contributed by atoms with Gasteiger partial charge < -0.3 is 15.4 Å². The molecule has 8 heteroatoms. The summed E-state index contributed by atoms with van der Waals surface area (Å²) in [4.78, 5) is 4.21. The van der Waals surface area contributed by atoms with Gasteiger partial charge in [0.15, 0.2) is 5.11 Å². The summed E-state index contributed by atoms with van der Waals surface area (Å²) in [5.41, 5.74) is 1.40. The predicted molar refractivity (Wildman–Crippen MR) is 110 cm³/mol. The van der Waals surface area contributed by atoms with Crippen LogP contribution in [0.1, 0.15) is 5.56 Å². The molecule has 1 heterocycles. The van der Waals surface area contributed by atoms with Crippen molar-refractivity contribution in [1.82, 2.24) is 10.3 Å². The Kier molecular flexibility index (Phi) is 6.45.